The van der Waals surface area contributed by atoms with Crippen LogP contribution < -0.4 is 21.1 Å². The number of rotatable bonds is 7. The lowest BCUT2D eigenvalue weighted by atomic mass is 10.1. The minimum atomic E-state index is -0.232. The average Bonchev–Trinajstić information content (AvgIpc) is 3.69. The fraction of sp³-hybridized carbons (Fsp3) is 0.292. The Morgan fingerprint density at radius 3 is 2.58 bits per heavy atom. The number of hydrogen-bond donors (Lipinski definition) is 2. The molecule has 3 heterocycles. The van der Waals surface area contributed by atoms with E-state index in [2.05, 4.69) is 25.8 Å². The summed E-state index contributed by atoms with van der Waals surface area (Å²) in [7, 11) is 3.39. The maximum atomic E-state index is 13.0. The van der Waals surface area contributed by atoms with Gasteiger partial charge in [0.05, 0.1) is 18.8 Å². The van der Waals surface area contributed by atoms with Crippen LogP contribution in [0.1, 0.15) is 43.0 Å². The monoisotopic (exact) mass is 443 g/mol. The largest absolute Gasteiger partial charge is 0.480 e. The topological polar surface area (TPSA) is 107 Å². The highest BCUT2D eigenvalue weighted by molar-refractivity contribution is 5.78. The number of nitrogens with one attached hydrogen (secondary N) is 2. The maximum absolute atomic E-state index is 13.0. The number of pyridine rings is 1. The van der Waals surface area contributed by atoms with Crippen LogP contribution in [0.15, 0.2) is 53.7 Å². The predicted molar refractivity (Wildman–Crippen MR) is 126 cm³/mol. The molecule has 5 rings (SSSR count). The third-order valence-corrected chi connectivity index (χ3v) is 5.94. The molecule has 33 heavy (non-hydrogen) atoms. The van der Waals surface area contributed by atoms with Crippen molar-refractivity contribution in [3.8, 4) is 17.3 Å². The summed E-state index contributed by atoms with van der Waals surface area (Å²) in [4.78, 5) is 31.2. The number of anilines is 1. The molecular formula is C24H25N7O2. The molecule has 1 aliphatic rings. The van der Waals surface area contributed by atoms with E-state index < -0.39 is 0 Å². The van der Waals surface area contributed by atoms with Gasteiger partial charge in [-0.3, -0.25) is 9.36 Å². The molecule has 2 N–H and O–H groups in total. The normalized spacial score (nSPS) is 14.3. The lowest BCUT2D eigenvalue weighted by Crippen LogP contribution is -2.24. The fourth-order valence-electron chi connectivity index (χ4n) is 4.08. The second-order valence-electron chi connectivity index (χ2n) is 8.10. The van der Waals surface area contributed by atoms with E-state index in [0.717, 1.165) is 35.2 Å². The van der Waals surface area contributed by atoms with Crippen molar-refractivity contribution in [3.05, 3.63) is 70.5 Å². The highest BCUT2D eigenvalue weighted by atomic mass is 16.5. The molecule has 9 nitrogen and oxygen atoms in total. The van der Waals surface area contributed by atoms with Gasteiger partial charge in [0.2, 0.25) is 5.88 Å². The maximum Gasteiger partial charge on any atom is 0.252 e. The Balaban J connectivity index is 1.65. The second-order valence-corrected chi connectivity index (χ2v) is 8.10. The van der Waals surface area contributed by atoms with E-state index in [1.165, 1.54) is 6.33 Å². The van der Waals surface area contributed by atoms with Crippen molar-refractivity contribution in [1.29, 1.82) is 0 Å². The van der Waals surface area contributed by atoms with E-state index in [4.69, 9.17) is 9.72 Å². The first-order chi connectivity index (χ1) is 16.1. The number of hydrogen-bond acceptors (Lipinski definition) is 8. The van der Waals surface area contributed by atoms with Crippen molar-refractivity contribution >= 4 is 16.7 Å². The first-order valence-corrected chi connectivity index (χ1v) is 10.9. The average molecular weight is 444 g/mol. The van der Waals surface area contributed by atoms with E-state index >= 15 is 0 Å². The molecule has 0 bridgehead atoms. The number of methoxy groups -OCH3 is 1. The second kappa shape index (κ2) is 8.59. The molecule has 0 amide bonds. The third-order valence-electron chi connectivity index (χ3n) is 5.94. The van der Waals surface area contributed by atoms with Crippen LogP contribution in [-0.2, 0) is 0 Å². The fourth-order valence-corrected chi connectivity index (χ4v) is 4.08. The Morgan fingerprint density at radius 2 is 1.88 bits per heavy atom. The summed E-state index contributed by atoms with van der Waals surface area (Å²) in [5, 5.41) is 0.780. The zero-order chi connectivity index (χ0) is 22.9. The molecule has 1 atom stereocenters. The van der Waals surface area contributed by atoms with E-state index in [9.17, 15) is 4.79 Å². The Labute approximate surface area is 190 Å². The van der Waals surface area contributed by atoms with Crippen LogP contribution in [0.5, 0.6) is 5.88 Å². The Kier molecular flexibility index (Phi) is 5.47. The van der Waals surface area contributed by atoms with Gasteiger partial charge in [0.15, 0.2) is 5.82 Å². The lowest BCUT2D eigenvalue weighted by molar-refractivity contribution is 0.397. The number of hydrazine groups is 1. The van der Waals surface area contributed by atoms with Gasteiger partial charge < -0.3 is 10.2 Å². The SMILES string of the molecule is CNNc1ccc(C(C)n2c(=O)ccc3cnc(-c4c(OC)ncnc4C4CC4)nc32)cc1. The Hall–Kier alpha value is -3.85. The summed E-state index contributed by atoms with van der Waals surface area (Å²) in [5.41, 5.74) is 9.90. The molecule has 4 aromatic rings. The van der Waals surface area contributed by atoms with Gasteiger partial charge in [-0.15, -0.1) is 0 Å². The van der Waals surface area contributed by atoms with Crippen LogP contribution in [0.3, 0.4) is 0 Å². The third kappa shape index (κ3) is 3.91. The van der Waals surface area contributed by atoms with Gasteiger partial charge in [0.1, 0.15) is 17.5 Å². The minimum absolute atomic E-state index is 0.129. The molecular weight excluding hydrogens is 418 g/mol. The Morgan fingerprint density at radius 1 is 1.09 bits per heavy atom. The molecule has 1 aliphatic carbocycles. The van der Waals surface area contributed by atoms with Crippen LogP contribution in [0, 0.1) is 0 Å². The van der Waals surface area contributed by atoms with Crippen molar-refractivity contribution in [3.63, 3.8) is 0 Å². The van der Waals surface area contributed by atoms with E-state index in [-0.39, 0.29) is 11.6 Å². The van der Waals surface area contributed by atoms with Crippen LogP contribution >= 0.6 is 0 Å². The molecule has 0 spiro atoms. The van der Waals surface area contributed by atoms with Crippen LogP contribution in [0.4, 0.5) is 5.69 Å². The summed E-state index contributed by atoms with van der Waals surface area (Å²) in [6.45, 7) is 1.99. The molecule has 9 heteroatoms. The van der Waals surface area contributed by atoms with E-state index in [0.29, 0.717) is 28.8 Å². The van der Waals surface area contributed by atoms with Gasteiger partial charge in [-0.05, 0) is 43.5 Å². The van der Waals surface area contributed by atoms with Gasteiger partial charge in [0.25, 0.3) is 5.56 Å². The molecule has 1 fully saturated rings. The van der Waals surface area contributed by atoms with Crippen molar-refractivity contribution in [1.82, 2.24) is 29.9 Å². The minimum Gasteiger partial charge on any atom is -0.480 e. The number of aromatic nitrogens is 5. The highest BCUT2D eigenvalue weighted by Gasteiger charge is 2.31. The first kappa shape index (κ1) is 21.0. The molecule has 3 aromatic heterocycles. The van der Waals surface area contributed by atoms with Gasteiger partial charge in [-0.1, -0.05) is 12.1 Å². The lowest BCUT2D eigenvalue weighted by Gasteiger charge is -2.19. The van der Waals surface area contributed by atoms with Crippen molar-refractivity contribution in [2.75, 3.05) is 19.6 Å². The summed E-state index contributed by atoms with van der Waals surface area (Å²) in [5.74, 6) is 1.26. The van der Waals surface area contributed by atoms with Crippen molar-refractivity contribution in [2.24, 2.45) is 0 Å². The van der Waals surface area contributed by atoms with E-state index in [1.807, 2.05) is 38.2 Å². The number of fused-ring (bicyclic) bond motifs is 1. The van der Waals surface area contributed by atoms with Gasteiger partial charge in [-0.25, -0.2) is 25.4 Å². The number of ether oxygens (including phenoxy) is 1. The summed E-state index contributed by atoms with van der Waals surface area (Å²) in [6.07, 6.45) is 5.40. The van der Waals surface area contributed by atoms with Crippen LogP contribution in [0.25, 0.3) is 22.4 Å². The molecule has 0 aliphatic heterocycles. The standard InChI is InChI=1S/C24H25N7O2/c1-14(15-6-9-18(10-7-15)30-25-2)31-19(32)11-8-17-12-26-22(29-23(17)31)20-21(16-4-5-16)27-13-28-24(20)33-3/h6-14,16,25,30H,4-5H2,1-3H3. The molecule has 1 aromatic carbocycles. The molecule has 1 saturated carbocycles. The summed E-state index contributed by atoms with van der Waals surface area (Å²) in [6, 6.07) is 11.0. The van der Waals surface area contributed by atoms with Crippen LogP contribution in [-0.4, -0.2) is 38.7 Å². The summed E-state index contributed by atoms with van der Waals surface area (Å²) < 4.78 is 7.22. The summed E-state index contributed by atoms with van der Waals surface area (Å²) >= 11 is 0. The molecule has 168 valence electrons. The zero-order valence-electron chi connectivity index (χ0n) is 18.7. The number of benzene rings is 1. The molecule has 1 unspecified atom stereocenters. The van der Waals surface area contributed by atoms with Gasteiger partial charge in [0, 0.05) is 36.3 Å². The zero-order valence-corrected chi connectivity index (χ0v) is 18.7. The van der Waals surface area contributed by atoms with Crippen molar-refractivity contribution < 1.29 is 4.74 Å². The first-order valence-electron chi connectivity index (χ1n) is 10.9. The quantitative estimate of drug-likeness (QED) is 0.419. The van der Waals surface area contributed by atoms with Gasteiger partial charge >= 0.3 is 0 Å². The highest BCUT2D eigenvalue weighted by Crippen LogP contribution is 2.44. The van der Waals surface area contributed by atoms with E-state index in [1.54, 1.807) is 30.0 Å². The molecule has 0 saturated heterocycles. The predicted octanol–water partition coefficient (Wildman–Crippen LogP) is 3.29. The van der Waals surface area contributed by atoms with Gasteiger partial charge in [-0.2, -0.15) is 0 Å². The Bertz CT molecular complexity index is 1360. The number of nitrogens with zero attached hydrogens (tertiary/aromatic N) is 5. The molecule has 0 radical (unpaired) electrons. The smallest absolute Gasteiger partial charge is 0.252 e. The van der Waals surface area contributed by atoms with Crippen LogP contribution in [0.2, 0.25) is 0 Å². The van der Waals surface area contributed by atoms with Crippen molar-refractivity contribution in [2.45, 2.75) is 31.7 Å².